The van der Waals surface area contributed by atoms with Gasteiger partial charge in [0.1, 0.15) is 6.04 Å². The van der Waals surface area contributed by atoms with Gasteiger partial charge in [0.05, 0.1) is 5.37 Å². The number of carboxylic acid groups (broad SMARTS) is 1. The molecule has 4 heteroatoms. The van der Waals surface area contributed by atoms with Gasteiger partial charge < -0.3 is 5.11 Å². The molecule has 0 saturated carbocycles. The molecular formula is C14H27NO2S. The van der Waals surface area contributed by atoms with E-state index in [1.807, 2.05) is 0 Å². The van der Waals surface area contributed by atoms with E-state index in [0.29, 0.717) is 5.37 Å². The summed E-state index contributed by atoms with van der Waals surface area (Å²) in [5.74, 6) is 0.0118. The van der Waals surface area contributed by atoms with E-state index in [9.17, 15) is 4.79 Å². The predicted octanol–water partition coefficient (Wildman–Crippen LogP) is 3.63. The van der Waals surface area contributed by atoms with Gasteiger partial charge in [-0.3, -0.25) is 10.1 Å². The van der Waals surface area contributed by atoms with E-state index in [2.05, 4.69) is 12.2 Å². The standard InChI is InChI=1S/C14H27NO2S/c1-2-3-4-5-6-7-8-9-10-13-15-12(11-18-13)14(16)17/h12-13,15H,2-11H2,1H3,(H,16,17). The van der Waals surface area contributed by atoms with Gasteiger partial charge in [0, 0.05) is 5.75 Å². The Morgan fingerprint density at radius 1 is 1.17 bits per heavy atom. The summed E-state index contributed by atoms with van der Waals surface area (Å²) in [6, 6.07) is -0.325. The first-order valence-corrected chi connectivity index (χ1v) is 8.39. The number of rotatable bonds is 10. The van der Waals surface area contributed by atoms with Crippen molar-refractivity contribution in [2.45, 2.75) is 76.1 Å². The third-order valence-electron chi connectivity index (χ3n) is 3.47. The molecule has 1 aliphatic heterocycles. The Morgan fingerprint density at radius 2 is 1.78 bits per heavy atom. The lowest BCUT2D eigenvalue weighted by atomic mass is 10.1. The summed E-state index contributed by atoms with van der Waals surface area (Å²) in [7, 11) is 0. The molecule has 1 saturated heterocycles. The Bertz CT molecular complexity index is 236. The predicted molar refractivity (Wildman–Crippen MR) is 78.0 cm³/mol. The van der Waals surface area contributed by atoms with Crippen LogP contribution in [-0.4, -0.2) is 28.2 Å². The Morgan fingerprint density at radius 3 is 2.33 bits per heavy atom. The molecule has 0 spiro atoms. The molecule has 0 radical (unpaired) electrons. The van der Waals surface area contributed by atoms with Crippen LogP contribution in [0.2, 0.25) is 0 Å². The van der Waals surface area contributed by atoms with Crippen molar-refractivity contribution in [1.82, 2.24) is 5.32 Å². The molecule has 2 atom stereocenters. The fourth-order valence-corrected chi connectivity index (χ4v) is 3.56. The van der Waals surface area contributed by atoms with Gasteiger partial charge in [-0.05, 0) is 6.42 Å². The maximum absolute atomic E-state index is 10.8. The van der Waals surface area contributed by atoms with E-state index in [1.54, 1.807) is 11.8 Å². The summed E-state index contributed by atoms with van der Waals surface area (Å²) < 4.78 is 0. The normalized spacial score (nSPS) is 23.4. The minimum absolute atomic E-state index is 0.325. The van der Waals surface area contributed by atoms with Crippen molar-refractivity contribution < 1.29 is 9.90 Å². The Hall–Kier alpha value is -0.220. The van der Waals surface area contributed by atoms with E-state index in [0.717, 1.165) is 12.2 Å². The van der Waals surface area contributed by atoms with Gasteiger partial charge in [-0.25, -0.2) is 0 Å². The van der Waals surface area contributed by atoms with Gasteiger partial charge in [0.25, 0.3) is 0 Å². The Labute approximate surface area is 115 Å². The van der Waals surface area contributed by atoms with Crippen LogP contribution in [0.15, 0.2) is 0 Å². The minimum atomic E-state index is -0.707. The summed E-state index contributed by atoms with van der Waals surface area (Å²) in [5.41, 5.74) is 0. The van der Waals surface area contributed by atoms with Crippen molar-refractivity contribution in [1.29, 1.82) is 0 Å². The summed E-state index contributed by atoms with van der Waals surface area (Å²) >= 11 is 1.76. The number of carbonyl (C=O) groups is 1. The molecule has 0 amide bonds. The maximum Gasteiger partial charge on any atom is 0.321 e. The zero-order valence-corrected chi connectivity index (χ0v) is 12.3. The molecule has 1 rings (SSSR count). The topological polar surface area (TPSA) is 49.3 Å². The number of carboxylic acids is 1. The highest BCUT2D eigenvalue weighted by Crippen LogP contribution is 2.23. The van der Waals surface area contributed by atoms with Gasteiger partial charge in [-0.1, -0.05) is 58.3 Å². The lowest BCUT2D eigenvalue weighted by Crippen LogP contribution is -2.36. The lowest BCUT2D eigenvalue weighted by Gasteiger charge is -2.10. The van der Waals surface area contributed by atoms with E-state index in [4.69, 9.17) is 5.11 Å². The molecule has 2 N–H and O–H groups in total. The highest BCUT2D eigenvalue weighted by atomic mass is 32.2. The number of thioether (sulfide) groups is 1. The average molecular weight is 273 g/mol. The summed E-state index contributed by atoms with van der Waals surface area (Å²) in [6.07, 6.45) is 11.8. The van der Waals surface area contributed by atoms with E-state index in [-0.39, 0.29) is 6.04 Å². The number of hydrogen-bond acceptors (Lipinski definition) is 3. The lowest BCUT2D eigenvalue weighted by molar-refractivity contribution is -0.138. The van der Waals surface area contributed by atoms with Crippen LogP contribution in [0.4, 0.5) is 0 Å². The largest absolute Gasteiger partial charge is 0.480 e. The number of hydrogen-bond donors (Lipinski definition) is 2. The van der Waals surface area contributed by atoms with Crippen molar-refractivity contribution in [3.8, 4) is 0 Å². The molecule has 0 aliphatic carbocycles. The van der Waals surface area contributed by atoms with Crippen molar-refractivity contribution in [2.75, 3.05) is 5.75 Å². The number of aliphatic carboxylic acids is 1. The monoisotopic (exact) mass is 273 g/mol. The molecule has 1 aliphatic rings. The Balaban J connectivity index is 1.88. The van der Waals surface area contributed by atoms with Crippen LogP contribution in [-0.2, 0) is 4.79 Å². The molecule has 18 heavy (non-hydrogen) atoms. The van der Waals surface area contributed by atoms with Crippen LogP contribution in [0, 0.1) is 0 Å². The number of unbranched alkanes of at least 4 members (excludes halogenated alkanes) is 7. The first-order chi connectivity index (χ1) is 8.74. The maximum atomic E-state index is 10.8. The SMILES string of the molecule is CCCCCCCCCCC1NC(C(=O)O)CS1. The van der Waals surface area contributed by atoms with Gasteiger partial charge in [-0.2, -0.15) is 0 Å². The van der Waals surface area contributed by atoms with Crippen LogP contribution in [0.1, 0.15) is 64.7 Å². The van der Waals surface area contributed by atoms with Crippen molar-refractivity contribution in [3.63, 3.8) is 0 Å². The third-order valence-corrected chi connectivity index (χ3v) is 4.77. The average Bonchev–Trinajstić information content (AvgIpc) is 2.81. The summed E-state index contributed by atoms with van der Waals surface area (Å²) in [5, 5.41) is 12.4. The Kier molecular flexibility index (Phi) is 8.51. The molecule has 2 unspecified atom stereocenters. The molecule has 0 aromatic rings. The molecule has 1 fully saturated rings. The van der Waals surface area contributed by atoms with Crippen LogP contribution in [0.25, 0.3) is 0 Å². The molecule has 106 valence electrons. The highest BCUT2D eigenvalue weighted by molar-refractivity contribution is 8.00. The van der Waals surface area contributed by atoms with Crippen molar-refractivity contribution in [2.24, 2.45) is 0 Å². The van der Waals surface area contributed by atoms with Gasteiger partial charge >= 0.3 is 5.97 Å². The second-order valence-corrected chi connectivity index (χ2v) is 6.38. The molecular weight excluding hydrogens is 246 g/mol. The summed E-state index contributed by atoms with van der Waals surface area (Å²) in [6.45, 7) is 2.25. The third kappa shape index (κ3) is 6.64. The van der Waals surface area contributed by atoms with Crippen LogP contribution in [0.3, 0.4) is 0 Å². The van der Waals surface area contributed by atoms with E-state index < -0.39 is 5.97 Å². The van der Waals surface area contributed by atoms with Crippen LogP contribution in [0.5, 0.6) is 0 Å². The first-order valence-electron chi connectivity index (χ1n) is 7.34. The quantitative estimate of drug-likeness (QED) is 0.597. The fraction of sp³-hybridized carbons (Fsp3) is 0.929. The zero-order valence-electron chi connectivity index (χ0n) is 11.5. The van der Waals surface area contributed by atoms with Gasteiger partial charge in [0.15, 0.2) is 0 Å². The highest BCUT2D eigenvalue weighted by Gasteiger charge is 2.28. The molecule has 0 aromatic carbocycles. The summed E-state index contributed by atoms with van der Waals surface area (Å²) in [4.78, 5) is 10.8. The molecule has 3 nitrogen and oxygen atoms in total. The minimum Gasteiger partial charge on any atom is -0.480 e. The van der Waals surface area contributed by atoms with Crippen molar-refractivity contribution in [3.05, 3.63) is 0 Å². The second kappa shape index (κ2) is 9.68. The number of nitrogens with one attached hydrogen (secondary N) is 1. The van der Waals surface area contributed by atoms with Crippen molar-refractivity contribution >= 4 is 17.7 Å². The zero-order chi connectivity index (χ0) is 13.2. The van der Waals surface area contributed by atoms with Gasteiger partial charge in [0.2, 0.25) is 0 Å². The van der Waals surface area contributed by atoms with Crippen LogP contribution < -0.4 is 5.32 Å². The molecule has 0 aromatic heterocycles. The second-order valence-electron chi connectivity index (χ2n) is 5.14. The van der Waals surface area contributed by atoms with Gasteiger partial charge in [-0.15, -0.1) is 11.8 Å². The molecule has 0 bridgehead atoms. The van der Waals surface area contributed by atoms with E-state index >= 15 is 0 Å². The smallest absolute Gasteiger partial charge is 0.321 e. The van der Waals surface area contributed by atoms with Crippen LogP contribution >= 0.6 is 11.8 Å². The fourth-order valence-electron chi connectivity index (χ4n) is 2.31. The van der Waals surface area contributed by atoms with E-state index in [1.165, 1.54) is 51.4 Å². The molecule has 1 heterocycles. The first kappa shape index (κ1) is 15.8.